The largest absolute Gasteiger partial charge is 0.464 e. The number of carbonyl (C=O) groups excluding carboxylic acids is 1. The van der Waals surface area contributed by atoms with Crippen LogP contribution in [0.25, 0.3) is 16.5 Å². The lowest BCUT2D eigenvalue weighted by Gasteiger charge is -2.03. The van der Waals surface area contributed by atoms with E-state index in [9.17, 15) is 4.79 Å². The molecule has 3 aromatic rings. The van der Waals surface area contributed by atoms with Gasteiger partial charge in [-0.1, -0.05) is 18.2 Å². The summed E-state index contributed by atoms with van der Waals surface area (Å²) in [6, 6.07) is 8.07. The molecule has 2 heterocycles. The number of esters is 1. The summed E-state index contributed by atoms with van der Waals surface area (Å²) >= 11 is 1.41. The zero-order valence-electron chi connectivity index (χ0n) is 12.2. The minimum Gasteiger partial charge on any atom is -0.464 e. The Morgan fingerprint density at radius 2 is 2.23 bits per heavy atom. The first-order valence-electron chi connectivity index (χ1n) is 6.72. The Hall–Kier alpha value is -2.60. The molecule has 0 atom stereocenters. The van der Waals surface area contributed by atoms with Gasteiger partial charge in [-0.2, -0.15) is 0 Å². The quantitative estimate of drug-likeness (QED) is 0.727. The van der Waals surface area contributed by atoms with E-state index in [0.717, 1.165) is 27.0 Å². The van der Waals surface area contributed by atoms with Crippen molar-refractivity contribution >= 4 is 33.8 Å². The van der Waals surface area contributed by atoms with Crippen LogP contribution in [0.2, 0.25) is 0 Å². The summed E-state index contributed by atoms with van der Waals surface area (Å²) in [4.78, 5) is 19.2. The van der Waals surface area contributed by atoms with Gasteiger partial charge in [0, 0.05) is 46.9 Å². The number of thiazole rings is 1. The lowest BCUT2D eigenvalue weighted by Crippen LogP contribution is -2.02. The van der Waals surface area contributed by atoms with Gasteiger partial charge < -0.3 is 15.0 Å². The number of nitrogens with zero attached hydrogens (tertiary/aromatic N) is 1. The number of nitrogens with one attached hydrogen (secondary N) is 2. The first-order valence-corrected chi connectivity index (χ1v) is 7.60. The second-order valence-electron chi connectivity index (χ2n) is 4.62. The van der Waals surface area contributed by atoms with Crippen molar-refractivity contribution in [1.82, 2.24) is 15.3 Å². The minimum atomic E-state index is -0.426. The van der Waals surface area contributed by atoms with Crippen molar-refractivity contribution in [1.29, 1.82) is 0 Å². The molecule has 0 radical (unpaired) electrons. The number of aromatic amines is 1. The predicted molar refractivity (Wildman–Crippen MR) is 87.9 cm³/mol. The van der Waals surface area contributed by atoms with Crippen LogP contribution in [0.3, 0.4) is 0 Å². The SMILES string of the molecule is CN/C=C(/c1nc(C(=O)OC)cs1)c1c[nH]c2ccccc12. The molecule has 0 fully saturated rings. The van der Waals surface area contributed by atoms with E-state index in [2.05, 4.69) is 21.4 Å². The number of benzene rings is 1. The molecule has 2 N–H and O–H groups in total. The third-order valence-electron chi connectivity index (χ3n) is 3.30. The van der Waals surface area contributed by atoms with E-state index in [1.807, 2.05) is 37.6 Å². The molecule has 1 aromatic carbocycles. The van der Waals surface area contributed by atoms with Crippen LogP contribution in [0.5, 0.6) is 0 Å². The molecular weight excluding hydrogens is 298 g/mol. The van der Waals surface area contributed by atoms with Crippen LogP contribution in [0, 0.1) is 0 Å². The number of rotatable bonds is 4. The molecule has 3 rings (SSSR count). The number of hydrogen-bond donors (Lipinski definition) is 2. The molecule has 0 aliphatic carbocycles. The molecule has 6 heteroatoms. The van der Waals surface area contributed by atoms with Crippen molar-refractivity contribution in [2.75, 3.05) is 14.2 Å². The fourth-order valence-corrected chi connectivity index (χ4v) is 3.11. The lowest BCUT2D eigenvalue weighted by molar-refractivity contribution is 0.0595. The highest BCUT2D eigenvalue weighted by molar-refractivity contribution is 7.11. The number of H-pyrrole nitrogens is 1. The van der Waals surface area contributed by atoms with Crippen molar-refractivity contribution in [3.05, 3.63) is 58.3 Å². The molecular formula is C16H15N3O2S. The summed E-state index contributed by atoms with van der Waals surface area (Å²) in [5.41, 5.74) is 3.35. The summed E-state index contributed by atoms with van der Waals surface area (Å²) in [6.07, 6.45) is 3.84. The number of para-hydroxylation sites is 1. The van der Waals surface area contributed by atoms with E-state index in [4.69, 9.17) is 4.74 Å². The maximum atomic E-state index is 11.6. The molecule has 112 valence electrons. The fourth-order valence-electron chi connectivity index (χ4n) is 2.29. The van der Waals surface area contributed by atoms with E-state index in [1.165, 1.54) is 18.4 Å². The van der Waals surface area contributed by atoms with Crippen LogP contribution in [-0.2, 0) is 4.74 Å². The van der Waals surface area contributed by atoms with Gasteiger partial charge in [0.2, 0.25) is 0 Å². The number of hydrogen-bond acceptors (Lipinski definition) is 5. The second kappa shape index (κ2) is 6.03. The molecule has 0 saturated carbocycles. The van der Waals surface area contributed by atoms with Crippen molar-refractivity contribution in [3.63, 3.8) is 0 Å². The van der Waals surface area contributed by atoms with Gasteiger partial charge >= 0.3 is 5.97 Å². The molecule has 2 aromatic heterocycles. The predicted octanol–water partition coefficient (Wildman–Crippen LogP) is 3.02. The second-order valence-corrected chi connectivity index (χ2v) is 5.48. The van der Waals surface area contributed by atoms with E-state index >= 15 is 0 Å². The maximum Gasteiger partial charge on any atom is 0.357 e. The van der Waals surface area contributed by atoms with Crippen molar-refractivity contribution < 1.29 is 9.53 Å². The minimum absolute atomic E-state index is 0.323. The topological polar surface area (TPSA) is 67.0 Å². The molecule has 0 unspecified atom stereocenters. The number of methoxy groups -OCH3 is 1. The summed E-state index contributed by atoms with van der Waals surface area (Å²) in [5, 5.41) is 6.63. The number of fused-ring (bicyclic) bond motifs is 1. The van der Waals surface area contributed by atoms with Gasteiger partial charge in [-0.3, -0.25) is 0 Å². The molecule has 0 saturated heterocycles. The average molecular weight is 313 g/mol. The third kappa shape index (κ3) is 2.48. The zero-order valence-corrected chi connectivity index (χ0v) is 13.0. The van der Waals surface area contributed by atoms with E-state index < -0.39 is 5.97 Å². The fraction of sp³-hybridized carbons (Fsp3) is 0.125. The molecule has 0 bridgehead atoms. The average Bonchev–Trinajstić information content (AvgIpc) is 3.19. The molecule has 0 aliphatic heterocycles. The van der Waals surface area contributed by atoms with Crippen LogP contribution in [0.1, 0.15) is 21.1 Å². The van der Waals surface area contributed by atoms with Crippen LogP contribution in [-0.4, -0.2) is 30.1 Å². The summed E-state index contributed by atoms with van der Waals surface area (Å²) in [6.45, 7) is 0. The first-order chi connectivity index (χ1) is 10.7. The highest BCUT2D eigenvalue weighted by atomic mass is 32.1. The Kier molecular flexibility index (Phi) is 3.93. The molecule has 0 spiro atoms. The van der Waals surface area contributed by atoms with Crippen molar-refractivity contribution in [2.45, 2.75) is 0 Å². The Bertz CT molecular complexity index is 848. The summed E-state index contributed by atoms with van der Waals surface area (Å²) in [7, 11) is 3.19. The van der Waals surface area contributed by atoms with Gasteiger partial charge in [-0.25, -0.2) is 9.78 Å². The molecule has 0 amide bonds. The maximum absolute atomic E-state index is 11.6. The third-order valence-corrected chi connectivity index (χ3v) is 4.17. The van der Waals surface area contributed by atoms with Gasteiger partial charge in [-0.15, -0.1) is 11.3 Å². The van der Waals surface area contributed by atoms with Gasteiger partial charge in [0.1, 0.15) is 5.01 Å². The number of ether oxygens (including phenoxy) is 1. The van der Waals surface area contributed by atoms with E-state index in [1.54, 1.807) is 5.38 Å². The zero-order chi connectivity index (χ0) is 15.5. The first kappa shape index (κ1) is 14.3. The van der Waals surface area contributed by atoms with Crippen molar-refractivity contribution in [2.24, 2.45) is 0 Å². The van der Waals surface area contributed by atoms with Gasteiger partial charge in [-0.05, 0) is 6.07 Å². The smallest absolute Gasteiger partial charge is 0.357 e. The van der Waals surface area contributed by atoms with Crippen LogP contribution in [0.15, 0.2) is 42.0 Å². The monoisotopic (exact) mass is 313 g/mol. The Labute approximate surface area is 131 Å². The number of carbonyl (C=O) groups is 1. The van der Waals surface area contributed by atoms with Crippen LogP contribution >= 0.6 is 11.3 Å². The van der Waals surface area contributed by atoms with Gasteiger partial charge in [0.25, 0.3) is 0 Å². The van der Waals surface area contributed by atoms with Crippen molar-refractivity contribution in [3.8, 4) is 0 Å². The molecule has 22 heavy (non-hydrogen) atoms. The Morgan fingerprint density at radius 1 is 1.41 bits per heavy atom. The highest BCUT2D eigenvalue weighted by Gasteiger charge is 2.17. The standard InChI is InChI=1S/C16H15N3O2S/c1-17-7-12(15-19-14(9-22-15)16(20)21-2)11-8-18-13-6-4-3-5-10(11)13/h3-9,17-18H,1-2H3/b12-7+. The van der Waals surface area contributed by atoms with Crippen LogP contribution < -0.4 is 5.32 Å². The van der Waals surface area contributed by atoms with Gasteiger partial charge in [0.05, 0.1) is 7.11 Å². The Morgan fingerprint density at radius 3 is 3.00 bits per heavy atom. The lowest BCUT2D eigenvalue weighted by atomic mass is 10.1. The molecule has 0 aliphatic rings. The Balaban J connectivity index is 2.09. The summed E-state index contributed by atoms with van der Waals surface area (Å²) < 4.78 is 4.71. The van der Waals surface area contributed by atoms with Crippen LogP contribution in [0.4, 0.5) is 0 Å². The molecule has 5 nitrogen and oxygen atoms in total. The highest BCUT2D eigenvalue weighted by Crippen LogP contribution is 2.31. The number of aromatic nitrogens is 2. The summed E-state index contributed by atoms with van der Waals surface area (Å²) in [5.74, 6) is -0.426. The van der Waals surface area contributed by atoms with Gasteiger partial charge in [0.15, 0.2) is 5.69 Å². The van der Waals surface area contributed by atoms with E-state index in [0.29, 0.717) is 5.69 Å². The normalized spacial score (nSPS) is 11.6. The van der Waals surface area contributed by atoms with E-state index in [-0.39, 0.29) is 0 Å².